The number of hydrogen-bond acceptors (Lipinski definition) is 4. The van der Waals surface area contributed by atoms with Crippen LogP contribution in [0.15, 0.2) is 54.6 Å². The van der Waals surface area contributed by atoms with Gasteiger partial charge in [-0.2, -0.15) is 0 Å². The summed E-state index contributed by atoms with van der Waals surface area (Å²) < 4.78 is 9.70. The predicted molar refractivity (Wildman–Crippen MR) is 88.8 cm³/mol. The number of methoxy groups -OCH3 is 1. The summed E-state index contributed by atoms with van der Waals surface area (Å²) in [4.78, 5) is 23.1. The van der Waals surface area contributed by atoms with Crippen molar-refractivity contribution in [2.75, 3.05) is 13.7 Å². The Labute approximate surface area is 139 Å². The van der Waals surface area contributed by atoms with Crippen molar-refractivity contribution in [3.05, 3.63) is 70.8 Å². The molecule has 23 heavy (non-hydrogen) atoms. The fourth-order valence-corrected chi connectivity index (χ4v) is 1.99. The second-order valence-corrected chi connectivity index (χ2v) is 5.02. The summed E-state index contributed by atoms with van der Waals surface area (Å²) in [5.41, 5.74) is 1.29. The molecule has 4 nitrogen and oxygen atoms in total. The van der Waals surface area contributed by atoms with Gasteiger partial charge in [-0.15, -0.1) is 0 Å². The predicted octanol–water partition coefficient (Wildman–Crippen LogP) is 3.79. The molecule has 0 heterocycles. The number of rotatable bonds is 6. The number of esters is 1. The number of halogens is 1. The molecule has 5 heteroatoms. The van der Waals surface area contributed by atoms with Gasteiger partial charge in [0.1, 0.15) is 5.75 Å². The van der Waals surface area contributed by atoms with Gasteiger partial charge in [-0.05, 0) is 48.0 Å². The number of ketones is 1. The van der Waals surface area contributed by atoms with Crippen LogP contribution in [0.5, 0.6) is 5.75 Å². The first-order valence-corrected chi connectivity index (χ1v) is 7.24. The number of hydrogen-bond donors (Lipinski definition) is 0. The zero-order chi connectivity index (χ0) is 16.7. The summed E-state index contributed by atoms with van der Waals surface area (Å²) in [6.45, 7) is -0.170. The van der Waals surface area contributed by atoms with Crippen molar-refractivity contribution in [3.8, 4) is 5.75 Å². The Hall–Kier alpha value is -2.59. The maximum Gasteiger partial charge on any atom is 0.343 e. The number of allylic oxidation sites excluding steroid dienone is 1. The molecule has 0 atom stereocenters. The van der Waals surface area contributed by atoms with Gasteiger partial charge in [0.15, 0.2) is 12.4 Å². The van der Waals surface area contributed by atoms with Crippen LogP contribution in [0.2, 0.25) is 5.02 Å². The highest BCUT2D eigenvalue weighted by Gasteiger charge is 2.05. The molecule has 0 spiro atoms. The fraction of sp³-hybridized carbons (Fsp3) is 0.111. The van der Waals surface area contributed by atoms with E-state index in [1.807, 2.05) is 18.2 Å². The molecular formula is C18H15ClO4. The molecule has 0 N–H and O–H groups in total. The molecule has 0 saturated carbocycles. The van der Waals surface area contributed by atoms with E-state index < -0.39 is 5.97 Å². The average Bonchev–Trinajstić information content (AvgIpc) is 2.59. The molecule has 118 valence electrons. The van der Waals surface area contributed by atoms with E-state index in [9.17, 15) is 9.59 Å². The third kappa shape index (κ3) is 4.97. The minimum atomic E-state index is -0.465. The van der Waals surface area contributed by atoms with E-state index in [0.29, 0.717) is 16.3 Å². The molecule has 0 aliphatic rings. The molecule has 0 aromatic heterocycles. The van der Waals surface area contributed by atoms with Gasteiger partial charge in [-0.3, -0.25) is 4.79 Å². The van der Waals surface area contributed by atoms with E-state index in [1.54, 1.807) is 36.4 Å². The summed E-state index contributed by atoms with van der Waals surface area (Å²) in [6, 6.07) is 13.8. The fourth-order valence-electron chi connectivity index (χ4n) is 1.79. The van der Waals surface area contributed by atoms with Crippen molar-refractivity contribution in [2.45, 2.75) is 0 Å². The molecule has 0 radical (unpaired) electrons. The highest BCUT2D eigenvalue weighted by Crippen LogP contribution is 2.17. The highest BCUT2D eigenvalue weighted by atomic mass is 35.5. The van der Waals surface area contributed by atoms with Crippen LogP contribution >= 0.6 is 11.6 Å². The molecule has 2 rings (SSSR count). The van der Waals surface area contributed by atoms with Crippen LogP contribution in [0.4, 0.5) is 0 Å². The first kappa shape index (κ1) is 16.8. The van der Waals surface area contributed by atoms with Gasteiger partial charge in [0.05, 0.1) is 7.11 Å². The third-order valence-corrected chi connectivity index (χ3v) is 3.39. The van der Waals surface area contributed by atoms with Crippen LogP contribution in [-0.2, 0) is 9.53 Å². The van der Waals surface area contributed by atoms with Crippen molar-refractivity contribution in [3.63, 3.8) is 0 Å². The lowest BCUT2D eigenvalue weighted by molar-refractivity contribution is -0.142. The van der Waals surface area contributed by atoms with Gasteiger partial charge in [0, 0.05) is 10.6 Å². The summed E-state index contributed by atoms with van der Waals surface area (Å²) in [5, 5.41) is 0.586. The van der Waals surface area contributed by atoms with Crippen molar-refractivity contribution < 1.29 is 19.1 Å². The summed E-state index contributed by atoms with van der Waals surface area (Å²) in [5.74, 6) is -0.126. The van der Waals surface area contributed by atoms with E-state index in [4.69, 9.17) is 16.3 Å². The van der Waals surface area contributed by atoms with E-state index >= 15 is 0 Å². The van der Waals surface area contributed by atoms with Gasteiger partial charge < -0.3 is 9.47 Å². The zero-order valence-electron chi connectivity index (χ0n) is 12.5. The third-order valence-electron chi connectivity index (χ3n) is 3.04. The SMILES string of the molecule is COC(=O)COc1ccc(C(=O)/C=C/c2ccccc2Cl)cc1. The van der Waals surface area contributed by atoms with Crippen LogP contribution in [-0.4, -0.2) is 25.5 Å². The molecule has 0 fully saturated rings. The van der Waals surface area contributed by atoms with Gasteiger partial charge in [0.25, 0.3) is 0 Å². The van der Waals surface area contributed by atoms with E-state index in [2.05, 4.69) is 4.74 Å². The first-order chi connectivity index (χ1) is 11.1. The Morgan fingerprint density at radius 3 is 2.43 bits per heavy atom. The van der Waals surface area contributed by atoms with E-state index in [-0.39, 0.29) is 12.4 Å². The minimum absolute atomic E-state index is 0.149. The van der Waals surface area contributed by atoms with Gasteiger partial charge in [-0.1, -0.05) is 29.8 Å². The Bertz CT molecular complexity index is 720. The molecule has 0 saturated heterocycles. The standard InChI is InChI=1S/C18H15ClO4/c1-22-18(21)12-23-15-9-6-14(7-10-15)17(20)11-8-13-4-2-3-5-16(13)19/h2-11H,12H2,1H3/b11-8+. The second kappa shape index (κ2) is 8.15. The van der Waals surface area contributed by atoms with Gasteiger partial charge in [-0.25, -0.2) is 4.79 Å². The second-order valence-electron chi connectivity index (χ2n) is 4.61. The molecule has 0 aliphatic heterocycles. The van der Waals surface area contributed by atoms with Crippen LogP contribution in [0, 0.1) is 0 Å². The van der Waals surface area contributed by atoms with Crippen LogP contribution in [0.25, 0.3) is 6.08 Å². The van der Waals surface area contributed by atoms with Crippen molar-refractivity contribution in [1.29, 1.82) is 0 Å². The average molecular weight is 331 g/mol. The zero-order valence-corrected chi connectivity index (χ0v) is 13.2. The van der Waals surface area contributed by atoms with Crippen molar-refractivity contribution in [1.82, 2.24) is 0 Å². The molecule has 0 amide bonds. The molecule has 2 aromatic carbocycles. The first-order valence-electron chi connectivity index (χ1n) is 6.87. The Morgan fingerprint density at radius 1 is 1.09 bits per heavy atom. The van der Waals surface area contributed by atoms with E-state index in [1.165, 1.54) is 13.2 Å². The lowest BCUT2D eigenvalue weighted by atomic mass is 10.1. The summed E-state index contributed by atoms with van der Waals surface area (Å²) in [6.07, 6.45) is 3.14. The smallest absolute Gasteiger partial charge is 0.343 e. The molecule has 0 bridgehead atoms. The number of carbonyl (C=O) groups is 2. The quantitative estimate of drug-likeness (QED) is 0.459. The number of carbonyl (C=O) groups excluding carboxylic acids is 2. The number of benzene rings is 2. The Kier molecular flexibility index (Phi) is 5.94. The molecule has 0 unspecified atom stereocenters. The molecule has 2 aromatic rings. The lowest BCUT2D eigenvalue weighted by Gasteiger charge is -2.05. The van der Waals surface area contributed by atoms with Crippen molar-refractivity contribution in [2.24, 2.45) is 0 Å². The van der Waals surface area contributed by atoms with Crippen LogP contribution in [0.3, 0.4) is 0 Å². The van der Waals surface area contributed by atoms with E-state index in [0.717, 1.165) is 5.56 Å². The Morgan fingerprint density at radius 2 is 1.78 bits per heavy atom. The normalized spacial score (nSPS) is 10.5. The monoisotopic (exact) mass is 330 g/mol. The maximum atomic E-state index is 12.1. The molecule has 0 aliphatic carbocycles. The minimum Gasteiger partial charge on any atom is -0.482 e. The van der Waals surface area contributed by atoms with Gasteiger partial charge in [0.2, 0.25) is 0 Å². The lowest BCUT2D eigenvalue weighted by Crippen LogP contribution is -2.12. The van der Waals surface area contributed by atoms with Crippen LogP contribution in [0.1, 0.15) is 15.9 Å². The van der Waals surface area contributed by atoms with Crippen LogP contribution < -0.4 is 4.74 Å². The van der Waals surface area contributed by atoms with Gasteiger partial charge >= 0.3 is 5.97 Å². The largest absolute Gasteiger partial charge is 0.482 e. The summed E-state index contributed by atoms with van der Waals surface area (Å²) in [7, 11) is 1.29. The topological polar surface area (TPSA) is 52.6 Å². The number of ether oxygens (including phenoxy) is 2. The summed E-state index contributed by atoms with van der Waals surface area (Å²) >= 11 is 6.03. The maximum absolute atomic E-state index is 12.1. The highest BCUT2D eigenvalue weighted by molar-refractivity contribution is 6.32. The van der Waals surface area contributed by atoms with Crippen molar-refractivity contribution >= 4 is 29.4 Å². The molecular weight excluding hydrogens is 316 g/mol. The Balaban J connectivity index is 2.00.